The maximum atomic E-state index is 5.62. The zero-order valence-corrected chi connectivity index (χ0v) is 16.5. The van der Waals surface area contributed by atoms with Crippen molar-refractivity contribution < 1.29 is 0 Å². The van der Waals surface area contributed by atoms with Gasteiger partial charge in [-0.05, 0) is 54.3 Å². The van der Waals surface area contributed by atoms with E-state index in [4.69, 9.17) is 5.73 Å². The number of pyridine rings is 1. The molecule has 0 saturated heterocycles. The largest absolute Gasteiger partial charge is 0.399 e. The Labute approximate surface area is 171 Å². The average molecular weight is 377 g/mol. The van der Waals surface area contributed by atoms with Gasteiger partial charge in [0.05, 0.1) is 11.0 Å². The number of rotatable bonds is 2. The predicted octanol–water partition coefficient (Wildman–Crippen LogP) is 6.56. The van der Waals surface area contributed by atoms with Crippen LogP contribution in [0.2, 0.25) is 0 Å². The van der Waals surface area contributed by atoms with Gasteiger partial charge in [-0.1, -0.05) is 78.9 Å². The van der Waals surface area contributed by atoms with Crippen molar-refractivity contribution in [2.45, 2.75) is 13.3 Å². The van der Waals surface area contributed by atoms with E-state index in [-0.39, 0.29) is 0 Å². The van der Waals surface area contributed by atoms with Gasteiger partial charge in [-0.15, -0.1) is 0 Å². The lowest BCUT2D eigenvalue weighted by molar-refractivity contribution is 1.19. The molecule has 5 rings (SSSR count). The third-order valence-corrected chi connectivity index (χ3v) is 5.09. The lowest BCUT2D eigenvalue weighted by Crippen LogP contribution is -1.89. The standard InChI is InChI=1S/C14H11N.C13H13N/c1-10-11-6-2-4-8-13(11)15-14-9-5-3-7-12(10)14;14-13-8-6-12(7-9-13)10-11-4-2-1-3-5-11/h2-9H,1H3;1-9H,10,14H2. The number of nitrogens with zero attached hydrogens (tertiary/aromatic N) is 1. The van der Waals surface area contributed by atoms with Gasteiger partial charge in [0.2, 0.25) is 0 Å². The highest BCUT2D eigenvalue weighted by Gasteiger charge is 2.03. The zero-order valence-electron chi connectivity index (χ0n) is 16.5. The summed E-state index contributed by atoms with van der Waals surface area (Å²) in [4.78, 5) is 4.64. The van der Waals surface area contributed by atoms with Crippen LogP contribution in [0.1, 0.15) is 16.7 Å². The highest BCUT2D eigenvalue weighted by molar-refractivity contribution is 5.96. The fourth-order valence-corrected chi connectivity index (χ4v) is 3.52. The molecule has 0 aliphatic carbocycles. The molecule has 0 unspecified atom stereocenters. The van der Waals surface area contributed by atoms with E-state index in [1.54, 1.807) is 0 Å². The summed E-state index contributed by atoms with van der Waals surface area (Å²) >= 11 is 0. The highest BCUT2D eigenvalue weighted by Crippen LogP contribution is 2.24. The summed E-state index contributed by atoms with van der Waals surface area (Å²) < 4.78 is 0. The fraction of sp³-hybridized carbons (Fsp3) is 0.0741. The Bertz CT molecular complexity index is 1170. The van der Waals surface area contributed by atoms with E-state index in [0.717, 1.165) is 23.1 Å². The highest BCUT2D eigenvalue weighted by atomic mass is 14.7. The Kier molecular flexibility index (Phi) is 5.53. The molecular weight excluding hydrogens is 352 g/mol. The van der Waals surface area contributed by atoms with Crippen LogP contribution in [0.4, 0.5) is 5.69 Å². The van der Waals surface area contributed by atoms with Gasteiger partial charge in [0, 0.05) is 16.5 Å². The van der Waals surface area contributed by atoms with Crippen molar-refractivity contribution in [2.24, 2.45) is 0 Å². The Balaban J connectivity index is 0.000000142. The van der Waals surface area contributed by atoms with Crippen molar-refractivity contribution in [2.75, 3.05) is 5.73 Å². The second kappa shape index (κ2) is 8.57. The summed E-state index contributed by atoms with van der Waals surface area (Å²) in [5.74, 6) is 0. The van der Waals surface area contributed by atoms with Crippen molar-refractivity contribution in [3.8, 4) is 0 Å². The van der Waals surface area contributed by atoms with Gasteiger partial charge in [0.15, 0.2) is 0 Å². The van der Waals surface area contributed by atoms with E-state index in [1.807, 2.05) is 30.3 Å². The summed E-state index contributed by atoms with van der Waals surface area (Å²) in [6, 6.07) is 35.0. The number of anilines is 1. The Morgan fingerprint density at radius 1 is 0.586 bits per heavy atom. The van der Waals surface area contributed by atoms with Gasteiger partial charge in [-0.3, -0.25) is 0 Å². The number of aryl methyl sites for hydroxylation is 1. The van der Waals surface area contributed by atoms with E-state index in [2.05, 4.69) is 84.7 Å². The second-order valence-corrected chi connectivity index (χ2v) is 7.18. The van der Waals surface area contributed by atoms with Gasteiger partial charge >= 0.3 is 0 Å². The quantitative estimate of drug-likeness (QED) is 0.280. The van der Waals surface area contributed by atoms with Crippen molar-refractivity contribution in [3.63, 3.8) is 0 Å². The van der Waals surface area contributed by atoms with E-state index in [1.165, 1.54) is 27.5 Å². The summed E-state index contributed by atoms with van der Waals surface area (Å²) in [6.45, 7) is 2.16. The van der Waals surface area contributed by atoms with Crippen LogP contribution in [-0.4, -0.2) is 4.98 Å². The van der Waals surface area contributed by atoms with Crippen LogP contribution in [0.5, 0.6) is 0 Å². The van der Waals surface area contributed by atoms with Crippen LogP contribution in [0.3, 0.4) is 0 Å². The molecule has 1 aromatic heterocycles. The lowest BCUT2D eigenvalue weighted by atomic mass is 10.0. The normalized spacial score (nSPS) is 10.5. The molecule has 5 aromatic rings. The van der Waals surface area contributed by atoms with Crippen LogP contribution in [0.15, 0.2) is 103 Å². The maximum Gasteiger partial charge on any atom is 0.0712 e. The van der Waals surface area contributed by atoms with E-state index in [9.17, 15) is 0 Å². The van der Waals surface area contributed by atoms with Crippen LogP contribution < -0.4 is 5.73 Å². The Hall–Kier alpha value is -3.65. The number of aromatic nitrogens is 1. The van der Waals surface area contributed by atoms with Crippen LogP contribution in [0.25, 0.3) is 21.8 Å². The summed E-state index contributed by atoms with van der Waals surface area (Å²) in [5, 5.41) is 2.49. The molecule has 1 heterocycles. The summed E-state index contributed by atoms with van der Waals surface area (Å²) in [7, 11) is 0. The molecule has 2 heteroatoms. The lowest BCUT2D eigenvalue weighted by Gasteiger charge is -2.05. The van der Waals surface area contributed by atoms with Gasteiger partial charge in [-0.2, -0.15) is 0 Å². The molecule has 4 aromatic carbocycles. The number of nitrogens with two attached hydrogens (primary N) is 1. The molecule has 0 aliphatic heterocycles. The first-order chi connectivity index (χ1) is 14.2. The molecule has 2 N–H and O–H groups in total. The number of benzene rings is 4. The SMILES string of the molecule is Cc1c2ccccc2nc2ccccc12.Nc1ccc(Cc2ccccc2)cc1. The maximum absolute atomic E-state index is 5.62. The number of hydrogen-bond acceptors (Lipinski definition) is 2. The van der Waals surface area contributed by atoms with Crippen LogP contribution in [0, 0.1) is 6.92 Å². The molecule has 142 valence electrons. The average Bonchev–Trinajstić information content (AvgIpc) is 2.77. The Morgan fingerprint density at radius 2 is 1.07 bits per heavy atom. The van der Waals surface area contributed by atoms with Gasteiger partial charge < -0.3 is 5.73 Å². The second-order valence-electron chi connectivity index (χ2n) is 7.18. The van der Waals surface area contributed by atoms with Crippen molar-refractivity contribution in [3.05, 3.63) is 120 Å². The topological polar surface area (TPSA) is 38.9 Å². The molecule has 0 amide bonds. The molecular formula is C27H24N2. The molecule has 0 aliphatic rings. The minimum atomic E-state index is 0.821. The third-order valence-electron chi connectivity index (χ3n) is 5.09. The number of para-hydroxylation sites is 2. The number of hydrogen-bond donors (Lipinski definition) is 1. The van der Waals surface area contributed by atoms with Gasteiger partial charge in [-0.25, -0.2) is 4.98 Å². The first-order valence-electron chi connectivity index (χ1n) is 9.83. The molecule has 0 bridgehead atoms. The van der Waals surface area contributed by atoms with E-state index in [0.29, 0.717) is 0 Å². The predicted molar refractivity (Wildman–Crippen MR) is 124 cm³/mol. The van der Waals surface area contributed by atoms with Crippen LogP contribution >= 0.6 is 0 Å². The minimum Gasteiger partial charge on any atom is -0.399 e. The van der Waals surface area contributed by atoms with Crippen LogP contribution in [-0.2, 0) is 6.42 Å². The van der Waals surface area contributed by atoms with Crippen molar-refractivity contribution >= 4 is 27.5 Å². The van der Waals surface area contributed by atoms with E-state index >= 15 is 0 Å². The molecule has 29 heavy (non-hydrogen) atoms. The minimum absolute atomic E-state index is 0.821. The summed E-state index contributed by atoms with van der Waals surface area (Å²) in [6.07, 6.45) is 0.973. The molecule has 0 radical (unpaired) electrons. The van der Waals surface area contributed by atoms with Crippen molar-refractivity contribution in [1.29, 1.82) is 0 Å². The van der Waals surface area contributed by atoms with Gasteiger partial charge in [0.1, 0.15) is 0 Å². The molecule has 0 fully saturated rings. The van der Waals surface area contributed by atoms with E-state index < -0.39 is 0 Å². The first kappa shape index (κ1) is 18.7. The van der Waals surface area contributed by atoms with Crippen molar-refractivity contribution in [1.82, 2.24) is 4.98 Å². The molecule has 2 nitrogen and oxygen atoms in total. The smallest absolute Gasteiger partial charge is 0.0712 e. The monoisotopic (exact) mass is 376 g/mol. The zero-order chi connectivity index (χ0) is 20.1. The molecule has 0 atom stereocenters. The first-order valence-corrected chi connectivity index (χ1v) is 9.83. The Morgan fingerprint density at radius 3 is 1.66 bits per heavy atom. The fourth-order valence-electron chi connectivity index (χ4n) is 3.52. The molecule has 0 spiro atoms. The van der Waals surface area contributed by atoms with Gasteiger partial charge in [0.25, 0.3) is 0 Å². The number of nitrogen functional groups attached to an aromatic ring is 1. The summed E-state index contributed by atoms with van der Waals surface area (Å²) in [5.41, 5.74) is 12.5. The third kappa shape index (κ3) is 4.44. The molecule has 0 saturated carbocycles. The number of fused-ring (bicyclic) bond motifs is 2.